The lowest BCUT2D eigenvalue weighted by atomic mass is 10.0. The molecule has 3 heterocycles. The fourth-order valence-electron chi connectivity index (χ4n) is 2.86. The van der Waals surface area contributed by atoms with Gasteiger partial charge in [0.2, 0.25) is 5.95 Å². The summed E-state index contributed by atoms with van der Waals surface area (Å²) in [7, 11) is 0. The second-order valence-electron chi connectivity index (χ2n) is 5.71. The number of rotatable bonds is 2. The maximum absolute atomic E-state index is 5.91. The Bertz CT molecular complexity index is 607. The highest BCUT2D eigenvalue weighted by molar-refractivity contribution is 7.18. The van der Waals surface area contributed by atoms with Gasteiger partial charge in [-0.25, -0.2) is 4.98 Å². The summed E-state index contributed by atoms with van der Waals surface area (Å²) in [6, 6.07) is 2.24. The minimum atomic E-state index is 0.397. The molecule has 2 aromatic rings. The monoisotopic (exact) mass is 290 g/mol. The Morgan fingerprint density at radius 3 is 3.00 bits per heavy atom. The summed E-state index contributed by atoms with van der Waals surface area (Å²) in [6.45, 7) is 6.67. The van der Waals surface area contributed by atoms with Crippen LogP contribution in [0.4, 0.5) is 11.8 Å². The van der Waals surface area contributed by atoms with E-state index in [2.05, 4.69) is 34.8 Å². The van der Waals surface area contributed by atoms with Crippen LogP contribution in [0, 0.1) is 5.92 Å². The molecule has 1 aliphatic rings. The van der Waals surface area contributed by atoms with Crippen LogP contribution in [0.1, 0.15) is 38.0 Å². The summed E-state index contributed by atoms with van der Waals surface area (Å²) in [5.41, 5.74) is 5.91. The zero-order valence-corrected chi connectivity index (χ0v) is 13.0. The van der Waals surface area contributed by atoms with Crippen molar-refractivity contribution in [3.8, 4) is 0 Å². The number of hydrogen-bond donors (Lipinski definition) is 1. The summed E-state index contributed by atoms with van der Waals surface area (Å²) in [4.78, 5) is 13.7. The van der Waals surface area contributed by atoms with E-state index in [1.54, 1.807) is 11.3 Å². The second kappa shape index (κ2) is 5.56. The van der Waals surface area contributed by atoms with E-state index in [1.165, 1.54) is 29.5 Å². The van der Waals surface area contributed by atoms with Crippen LogP contribution >= 0.6 is 11.3 Å². The van der Waals surface area contributed by atoms with E-state index in [4.69, 9.17) is 5.73 Å². The van der Waals surface area contributed by atoms with Gasteiger partial charge in [-0.2, -0.15) is 4.98 Å². The molecule has 5 heteroatoms. The number of thiophene rings is 1. The molecule has 0 spiro atoms. The zero-order chi connectivity index (χ0) is 14.1. The summed E-state index contributed by atoms with van der Waals surface area (Å²) < 4.78 is 0. The minimum Gasteiger partial charge on any atom is -0.368 e. The first-order valence-electron chi connectivity index (χ1n) is 7.48. The molecule has 0 aromatic carbocycles. The largest absolute Gasteiger partial charge is 0.368 e. The number of aromatic nitrogens is 2. The molecule has 0 radical (unpaired) electrons. The van der Waals surface area contributed by atoms with Crippen molar-refractivity contribution in [1.29, 1.82) is 0 Å². The molecule has 1 fully saturated rings. The number of hydrogen-bond acceptors (Lipinski definition) is 5. The van der Waals surface area contributed by atoms with Gasteiger partial charge in [-0.05, 0) is 37.7 Å². The van der Waals surface area contributed by atoms with Crippen molar-refractivity contribution in [3.05, 3.63) is 10.9 Å². The van der Waals surface area contributed by atoms with Crippen LogP contribution < -0.4 is 10.6 Å². The summed E-state index contributed by atoms with van der Waals surface area (Å²) in [6.07, 6.45) is 4.81. The predicted molar refractivity (Wildman–Crippen MR) is 86.4 cm³/mol. The molecule has 0 amide bonds. The average Bonchev–Trinajstić information content (AvgIpc) is 2.72. The van der Waals surface area contributed by atoms with E-state index >= 15 is 0 Å². The molecule has 20 heavy (non-hydrogen) atoms. The van der Waals surface area contributed by atoms with E-state index < -0.39 is 0 Å². The Hall–Kier alpha value is -1.36. The number of nitrogens with zero attached hydrogens (tertiary/aromatic N) is 3. The minimum absolute atomic E-state index is 0.397. The molecule has 1 unspecified atom stereocenters. The lowest BCUT2D eigenvalue weighted by Gasteiger charge is -2.22. The Labute approximate surface area is 124 Å². The molecule has 2 aromatic heterocycles. The van der Waals surface area contributed by atoms with Crippen molar-refractivity contribution in [3.63, 3.8) is 0 Å². The quantitative estimate of drug-likeness (QED) is 0.920. The third-order valence-electron chi connectivity index (χ3n) is 4.11. The van der Waals surface area contributed by atoms with Crippen LogP contribution in [-0.4, -0.2) is 23.1 Å². The SMILES string of the molecule is CCc1cc2c(N3CCCC(C)CC3)nc(N)nc2s1. The summed E-state index contributed by atoms with van der Waals surface area (Å²) in [5.74, 6) is 2.25. The predicted octanol–water partition coefficient (Wildman–Crippen LogP) is 3.46. The van der Waals surface area contributed by atoms with Gasteiger partial charge in [0, 0.05) is 18.0 Å². The molecule has 108 valence electrons. The van der Waals surface area contributed by atoms with Crippen LogP contribution in [0.15, 0.2) is 6.07 Å². The first-order valence-corrected chi connectivity index (χ1v) is 8.30. The van der Waals surface area contributed by atoms with Crippen molar-refractivity contribution in [1.82, 2.24) is 9.97 Å². The Balaban J connectivity index is 2.02. The number of nitrogen functional groups attached to an aromatic ring is 1. The van der Waals surface area contributed by atoms with E-state index in [0.29, 0.717) is 5.95 Å². The Morgan fingerprint density at radius 2 is 2.20 bits per heavy atom. The molecule has 1 atom stereocenters. The van der Waals surface area contributed by atoms with Crippen molar-refractivity contribution >= 4 is 33.3 Å². The number of anilines is 2. The zero-order valence-electron chi connectivity index (χ0n) is 12.2. The first-order chi connectivity index (χ1) is 9.67. The van der Waals surface area contributed by atoms with E-state index in [1.807, 2.05) is 0 Å². The molecule has 0 saturated carbocycles. The number of nitrogens with two attached hydrogens (primary N) is 1. The average molecular weight is 290 g/mol. The maximum Gasteiger partial charge on any atom is 0.223 e. The standard InChI is InChI=1S/C15H22N4S/c1-3-11-9-12-13(17-15(16)18-14(12)20-11)19-7-4-5-10(2)6-8-19/h9-10H,3-8H2,1-2H3,(H2,16,17,18). The van der Waals surface area contributed by atoms with Crippen molar-refractivity contribution in [2.75, 3.05) is 23.7 Å². The molecule has 1 saturated heterocycles. The summed E-state index contributed by atoms with van der Waals surface area (Å²) in [5, 5.41) is 1.18. The van der Waals surface area contributed by atoms with Crippen molar-refractivity contribution in [2.24, 2.45) is 5.92 Å². The fourth-order valence-corrected chi connectivity index (χ4v) is 3.83. The normalized spacial score (nSPS) is 20.3. The van der Waals surface area contributed by atoms with Crippen LogP contribution in [0.25, 0.3) is 10.2 Å². The Morgan fingerprint density at radius 1 is 1.35 bits per heavy atom. The topological polar surface area (TPSA) is 55.0 Å². The lowest BCUT2D eigenvalue weighted by Crippen LogP contribution is -2.25. The van der Waals surface area contributed by atoms with E-state index in [9.17, 15) is 0 Å². The number of aryl methyl sites for hydroxylation is 1. The first kappa shape index (κ1) is 13.6. The van der Waals surface area contributed by atoms with Crippen LogP contribution in [0.2, 0.25) is 0 Å². The van der Waals surface area contributed by atoms with Gasteiger partial charge in [0.1, 0.15) is 10.6 Å². The van der Waals surface area contributed by atoms with Crippen molar-refractivity contribution in [2.45, 2.75) is 39.5 Å². The lowest BCUT2D eigenvalue weighted by molar-refractivity contribution is 0.521. The summed E-state index contributed by atoms with van der Waals surface area (Å²) >= 11 is 1.74. The highest BCUT2D eigenvalue weighted by atomic mass is 32.1. The molecule has 0 aliphatic carbocycles. The molecule has 4 nitrogen and oxygen atoms in total. The van der Waals surface area contributed by atoms with E-state index in [-0.39, 0.29) is 0 Å². The molecule has 1 aliphatic heterocycles. The third kappa shape index (κ3) is 2.59. The third-order valence-corrected chi connectivity index (χ3v) is 5.28. The van der Waals surface area contributed by atoms with Gasteiger partial charge in [0.05, 0.1) is 5.39 Å². The molecule has 0 bridgehead atoms. The van der Waals surface area contributed by atoms with Crippen molar-refractivity contribution < 1.29 is 0 Å². The Kier molecular flexibility index (Phi) is 3.78. The number of fused-ring (bicyclic) bond motifs is 1. The second-order valence-corrected chi connectivity index (χ2v) is 6.83. The van der Waals surface area contributed by atoms with Gasteiger partial charge in [0.15, 0.2) is 0 Å². The van der Waals surface area contributed by atoms with Gasteiger partial charge in [-0.15, -0.1) is 11.3 Å². The maximum atomic E-state index is 5.91. The highest BCUT2D eigenvalue weighted by Crippen LogP contribution is 2.33. The van der Waals surface area contributed by atoms with Crippen LogP contribution in [-0.2, 0) is 6.42 Å². The highest BCUT2D eigenvalue weighted by Gasteiger charge is 2.19. The fraction of sp³-hybridized carbons (Fsp3) is 0.600. The van der Waals surface area contributed by atoms with Crippen LogP contribution in [0.5, 0.6) is 0 Å². The molecular weight excluding hydrogens is 268 g/mol. The van der Waals surface area contributed by atoms with Gasteiger partial charge in [-0.1, -0.05) is 13.8 Å². The van der Waals surface area contributed by atoms with Gasteiger partial charge < -0.3 is 10.6 Å². The van der Waals surface area contributed by atoms with E-state index in [0.717, 1.165) is 36.1 Å². The molecule has 2 N–H and O–H groups in total. The smallest absolute Gasteiger partial charge is 0.223 e. The van der Waals surface area contributed by atoms with Gasteiger partial charge >= 0.3 is 0 Å². The molecule has 3 rings (SSSR count). The molecular formula is C15H22N4S. The van der Waals surface area contributed by atoms with Crippen LogP contribution in [0.3, 0.4) is 0 Å². The van der Waals surface area contributed by atoms with Gasteiger partial charge in [0.25, 0.3) is 0 Å². The van der Waals surface area contributed by atoms with Gasteiger partial charge in [-0.3, -0.25) is 0 Å².